The molecule has 1 aromatic heterocycles. The van der Waals surface area contributed by atoms with E-state index >= 15 is 0 Å². The van der Waals surface area contributed by atoms with Crippen LogP contribution < -0.4 is 0 Å². The molecule has 1 atom stereocenters. The van der Waals surface area contributed by atoms with E-state index < -0.39 is 6.10 Å². The number of likely N-dealkylation sites (tertiary alicyclic amines) is 1. The quantitative estimate of drug-likeness (QED) is 0.506. The minimum absolute atomic E-state index is 0.396. The number of aliphatic hydroxyl groups excluding tert-OH is 1. The van der Waals surface area contributed by atoms with Gasteiger partial charge in [-0.3, -0.25) is 0 Å². The van der Waals surface area contributed by atoms with Gasteiger partial charge in [0.15, 0.2) is 0 Å². The fourth-order valence-corrected chi connectivity index (χ4v) is 3.32. The van der Waals surface area contributed by atoms with Gasteiger partial charge < -0.3 is 19.8 Å². The molecule has 0 spiro atoms. The predicted octanol–water partition coefficient (Wildman–Crippen LogP) is 2.30. The zero-order chi connectivity index (χ0) is 15.4. The van der Waals surface area contributed by atoms with E-state index in [1.54, 1.807) is 0 Å². The Morgan fingerprint density at radius 1 is 1.14 bits per heavy atom. The van der Waals surface area contributed by atoms with Crippen LogP contribution in [0.5, 0.6) is 0 Å². The number of rotatable bonds is 5. The zero-order valence-corrected chi connectivity index (χ0v) is 12.7. The summed E-state index contributed by atoms with van der Waals surface area (Å²) in [6, 6.07) is 7.97. The van der Waals surface area contributed by atoms with Crippen molar-refractivity contribution in [1.29, 1.82) is 0 Å². The first kappa shape index (κ1) is 15.1. The summed E-state index contributed by atoms with van der Waals surface area (Å²) in [7, 11) is 0. The number of nitrogens with zero attached hydrogens (tertiary/aromatic N) is 3. The van der Waals surface area contributed by atoms with Crippen molar-refractivity contribution in [3.8, 4) is 0 Å². The van der Waals surface area contributed by atoms with Gasteiger partial charge in [-0.05, 0) is 32.0 Å². The molecule has 22 heavy (non-hydrogen) atoms. The molecule has 1 aliphatic heterocycles. The highest BCUT2D eigenvalue weighted by Gasteiger charge is 2.16. The van der Waals surface area contributed by atoms with Crippen molar-refractivity contribution in [2.75, 3.05) is 19.6 Å². The lowest BCUT2D eigenvalue weighted by Gasteiger charge is -2.28. The number of aliphatic hydroxyl groups is 1. The summed E-state index contributed by atoms with van der Waals surface area (Å²) in [5.41, 5.74) is 1.92. The van der Waals surface area contributed by atoms with Crippen LogP contribution in [0.3, 0.4) is 0 Å². The summed E-state index contributed by atoms with van der Waals surface area (Å²) >= 11 is 0. The van der Waals surface area contributed by atoms with Crippen LogP contribution in [-0.4, -0.2) is 51.7 Å². The van der Waals surface area contributed by atoms with E-state index in [4.69, 9.17) is 5.21 Å². The van der Waals surface area contributed by atoms with Gasteiger partial charge in [-0.1, -0.05) is 29.8 Å². The molecule has 0 amide bonds. The van der Waals surface area contributed by atoms with Crippen LogP contribution in [0.25, 0.3) is 10.9 Å². The Kier molecular flexibility index (Phi) is 4.75. The fraction of sp³-hybridized carbons (Fsp3) is 0.471. The number of benzene rings is 1. The van der Waals surface area contributed by atoms with E-state index in [1.807, 2.05) is 35.0 Å². The van der Waals surface area contributed by atoms with E-state index in [-0.39, 0.29) is 0 Å². The molecule has 0 aliphatic carbocycles. The van der Waals surface area contributed by atoms with Crippen molar-refractivity contribution in [2.45, 2.75) is 31.9 Å². The maximum atomic E-state index is 10.4. The van der Waals surface area contributed by atoms with Crippen molar-refractivity contribution in [3.05, 3.63) is 36.0 Å². The number of para-hydroxylation sites is 1. The number of piperidine rings is 1. The van der Waals surface area contributed by atoms with Gasteiger partial charge in [-0.2, -0.15) is 0 Å². The molecule has 5 heteroatoms. The molecule has 2 heterocycles. The van der Waals surface area contributed by atoms with Gasteiger partial charge in [0.2, 0.25) is 0 Å². The molecular formula is C17H23N3O2. The third-order valence-electron chi connectivity index (χ3n) is 4.34. The van der Waals surface area contributed by atoms with Gasteiger partial charge in [0.25, 0.3) is 0 Å². The molecule has 0 bridgehead atoms. The van der Waals surface area contributed by atoms with Gasteiger partial charge in [0, 0.05) is 35.8 Å². The summed E-state index contributed by atoms with van der Waals surface area (Å²) in [4.78, 5) is 2.34. The van der Waals surface area contributed by atoms with Crippen LogP contribution in [0.4, 0.5) is 0 Å². The highest BCUT2D eigenvalue weighted by molar-refractivity contribution is 5.99. The van der Waals surface area contributed by atoms with Gasteiger partial charge in [0.1, 0.15) is 0 Å². The van der Waals surface area contributed by atoms with E-state index in [0.717, 1.165) is 36.1 Å². The summed E-state index contributed by atoms with van der Waals surface area (Å²) in [5, 5.41) is 23.4. The molecule has 118 valence electrons. The molecule has 1 fully saturated rings. The summed E-state index contributed by atoms with van der Waals surface area (Å²) in [6.45, 7) is 3.45. The molecule has 5 nitrogen and oxygen atoms in total. The van der Waals surface area contributed by atoms with E-state index in [0.29, 0.717) is 6.54 Å². The van der Waals surface area contributed by atoms with Gasteiger partial charge in [-0.25, -0.2) is 0 Å². The van der Waals surface area contributed by atoms with Crippen LogP contribution in [-0.2, 0) is 6.54 Å². The third-order valence-corrected chi connectivity index (χ3v) is 4.34. The minimum atomic E-state index is -0.396. The number of hydrogen-bond acceptors (Lipinski definition) is 4. The van der Waals surface area contributed by atoms with E-state index in [1.165, 1.54) is 25.5 Å². The molecule has 1 saturated heterocycles. The molecule has 2 N–H and O–H groups in total. The minimum Gasteiger partial charge on any atom is -0.411 e. The number of β-amino-alcohol motifs (C(OH)–C–C–N with tert-alkyl or cyclic N) is 1. The summed E-state index contributed by atoms with van der Waals surface area (Å²) in [5.74, 6) is 0. The monoisotopic (exact) mass is 301 g/mol. The Labute approximate surface area is 130 Å². The molecule has 0 saturated carbocycles. The lowest BCUT2D eigenvalue weighted by Crippen LogP contribution is -2.37. The van der Waals surface area contributed by atoms with Crippen molar-refractivity contribution in [2.24, 2.45) is 5.16 Å². The smallest absolute Gasteiger partial charge is 0.0845 e. The Morgan fingerprint density at radius 2 is 1.91 bits per heavy atom. The summed E-state index contributed by atoms with van der Waals surface area (Å²) in [6.07, 6.45) is 6.75. The van der Waals surface area contributed by atoms with Crippen molar-refractivity contribution in [1.82, 2.24) is 9.47 Å². The Bertz CT molecular complexity index is 644. The first-order valence-electron chi connectivity index (χ1n) is 7.93. The average molecular weight is 301 g/mol. The number of aromatic nitrogens is 1. The van der Waals surface area contributed by atoms with Crippen LogP contribution >= 0.6 is 0 Å². The second-order valence-corrected chi connectivity index (χ2v) is 6.01. The Hall–Kier alpha value is -1.85. The second kappa shape index (κ2) is 6.94. The van der Waals surface area contributed by atoms with Crippen LogP contribution in [0.1, 0.15) is 24.8 Å². The average Bonchev–Trinajstić information content (AvgIpc) is 2.87. The van der Waals surface area contributed by atoms with Crippen molar-refractivity contribution in [3.63, 3.8) is 0 Å². The van der Waals surface area contributed by atoms with Gasteiger partial charge in [-0.15, -0.1) is 0 Å². The lowest BCUT2D eigenvalue weighted by atomic mass is 10.1. The highest BCUT2D eigenvalue weighted by atomic mass is 16.4. The zero-order valence-electron chi connectivity index (χ0n) is 12.7. The molecule has 3 rings (SSSR count). The van der Waals surface area contributed by atoms with E-state index in [9.17, 15) is 5.11 Å². The van der Waals surface area contributed by atoms with E-state index in [2.05, 4.69) is 10.1 Å². The van der Waals surface area contributed by atoms with Crippen LogP contribution in [0.15, 0.2) is 35.6 Å². The third kappa shape index (κ3) is 3.31. The molecule has 0 radical (unpaired) electrons. The molecule has 1 aliphatic rings. The fourth-order valence-electron chi connectivity index (χ4n) is 3.32. The number of fused-ring (bicyclic) bond motifs is 1. The Balaban J connectivity index is 1.75. The molecular weight excluding hydrogens is 278 g/mol. The SMILES string of the molecule is O/N=C/c1cn(C[C@H](O)CN2CCCCC2)c2ccccc12. The first-order chi connectivity index (χ1) is 10.8. The number of oxime groups is 1. The first-order valence-corrected chi connectivity index (χ1v) is 7.93. The molecule has 1 aromatic carbocycles. The highest BCUT2D eigenvalue weighted by Crippen LogP contribution is 2.20. The van der Waals surface area contributed by atoms with Crippen LogP contribution in [0, 0.1) is 0 Å². The van der Waals surface area contributed by atoms with Crippen LogP contribution in [0.2, 0.25) is 0 Å². The van der Waals surface area contributed by atoms with Gasteiger partial charge >= 0.3 is 0 Å². The molecule has 2 aromatic rings. The predicted molar refractivity (Wildman–Crippen MR) is 87.6 cm³/mol. The largest absolute Gasteiger partial charge is 0.411 e. The number of hydrogen-bond donors (Lipinski definition) is 2. The van der Waals surface area contributed by atoms with Crippen molar-refractivity contribution >= 4 is 17.1 Å². The molecule has 0 unspecified atom stereocenters. The normalized spacial score (nSPS) is 18.2. The Morgan fingerprint density at radius 3 is 2.68 bits per heavy atom. The lowest BCUT2D eigenvalue weighted by molar-refractivity contribution is 0.0892. The summed E-state index contributed by atoms with van der Waals surface area (Å²) < 4.78 is 2.04. The standard InChI is InChI=1S/C17H23N3O2/c21-15(12-19-8-4-1-5-9-19)13-20-11-14(10-18-22)16-6-2-3-7-17(16)20/h2-3,6-7,10-11,15,21-22H,1,4-5,8-9,12-13H2/b18-10+/t15-/m1/s1. The van der Waals surface area contributed by atoms with Gasteiger partial charge in [0.05, 0.1) is 12.3 Å². The topological polar surface area (TPSA) is 61.0 Å². The maximum absolute atomic E-state index is 10.4. The van der Waals surface area contributed by atoms with Crippen molar-refractivity contribution < 1.29 is 10.3 Å². The maximum Gasteiger partial charge on any atom is 0.0845 e. The second-order valence-electron chi connectivity index (χ2n) is 6.01.